The second kappa shape index (κ2) is 7.40. The minimum atomic E-state index is -0.284. The number of hydrogen-bond acceptors (Lipinski definition) is 4. The van der Waals surface area contributed by atoms with Crippen LogP contribution in [0.3, 0.4) is 0 Å². The normalized spacial score (nSPS) is 15.2. The van der Waals surface area contributed by atoms with Gasteiger partial charge in [0.1, 0.15) is 17.5 Å². The molecule has 6 heteroatoms. The van der Waals surface area contributed by atoms with E-state index in [-0.39, 0.29) is 17.8 Å². The maximum absolute atomic E-state index is 13.4. The predicted molar refractivity (Wildman–Crippen MR) is 100.0 cm³/mol. The zero-order chi connectivity index (χ0) is 18.8. The molecule has 2 heterocycles. The Morgan fingerprint density at radius 3 is 2.46 bits per heavy atom. The number of halogens is 1. The van der Waals surface area contributed by atoms with Crippen molar-refractivity contribution in [2.24, 2.45) is 0 Å². The molecule has 0 bridgehead atoms. The number of aryl methyl sites for hydroxylation is 3. The molecule has 0 saturated carbocycles. The van der Waals surface area contributed by atoms with Crippen LogP contribution in [0.5, 0.6) is 0 Å². The van der Waals surface area contributed by atoms with Gasteiger partial charge in [0.25, 0.3) is 5.91 Å². The van der Waals surface area contributed by atoms with Crippen LogP contribution in [0.25, 0.3) is 0 Å². The summed E-state index contributed by atoms with van der Waals surface area (Å²) >= 11 is 0. The Labute approximate surface area is 153 Å². The highest BCUT2D eigenvalue weighted by molar-refractivity contribution is 5.94. The van der Waals surface area contributed by atoms with Gasteiger partial charge in [-0.3, -0.25) is 4.79 Å². The molecule has 0 aliphatic carbocycles. The minimum Gasteiger partial charge on any atom is -0.356 e. The van der Waals surface area contributed by atoms with Crippen molar-refractivity contribution in [3.63, 3.8) is 0 Å². The lowest BCUT2D eigenvalue weighted by Crippen LogP contribution is -2.46. The van der Waals surface area contributed by atoms with E-state index in [1.165, 1.54) is 6.07 Å². The lowest BCUT2D eigenvalue weighted by atomic mass is 10.0. The number of benzene rings is 1. The van der Waals surface area contributed by atoms with Gasteiger partial charge < -0.3 is 9.80 Å². The van der Waals surface area contributed by atoms with Crippen molar-refractivity contribution in [3.05, 3.63) is 52.7 Å². The van der Waals surface area contributed by atoms with Crippen LogP contribution in [0.1, 0.15) is 40.3 Å². The summed E-state index contributed by atoms with van der Waals surface area (Å²) in [4.78, 5) is 25.6. The van der Waals surface area contributed by atoms with Gasteiger partial charge in [0.15, 0.2) is 0 Å². The lowest BCUT2D eigenvalue weighted by Gasteiger charge is -2.37. The van der Waals surface area contributed by atoms with E-state index in [1.54, 1.807) is 24.0 Å². The Morgan fingerprint density at radius 2 is 1.85 bits per heavy atom. The first-order chi connectivity index (χ1) is 12.3. The molecule has 138 valence electrons. The summed E-state index contributed by atoms with van der Waals surface area (Å²) in [5.74, 6) is 1.39. The Kier molecular flexibility index (Phi) is 5.20. The third-order valence-electron chi connectivity index (χ3n) is 5.01. The van der Waals surface area contributed by atoms with Crippen LogP contribution >= 0.6 is 0 Å². The van der Waals surface area contributed by atoms with E-state index >= 15 is 0 Å². The van der Waals surface area contributed by atoms with Gasteiger partial charge in [-0.15, -0.1) is 0 Å². The first-order valence-corrected chi connectivity index (χ1v) is 8.95. The second-order valence-electron chi connectivity index (χ2n) is 7.01. The Bertz CT molecular complexity index is 795. The number of hydrogen-bond donors (Lipinski definition) is 0. The Balaban J connectivity index is 1.65. The number of piperidine rings is 1. The fourth-order valence-corrected chi connectivity index (χ4v) is 3.49. The van der Waals surface area contributed by atoms with Crippen molar-refractivity contribution in [1.82, 2.24) is 14.9 Å². The molecule has 0 atom stereocenters. The van der Waals surface area contributed by atoms with Crippen LogP contribution in [-0.4, -0.2) is 47.0 Å². The lowest BCUT2D eigenvalue weighted by molar-refractivity contribution is 0.0709. The summed E-state index contributed by atoms with van der Waals surface area (Å²) in [6.07, 6.45) is 1.76. The summed E-state index contributed by atoms with van der Waals surface area (Å²) in [6, 6.07) is 6.72. The van der Waals surface area contributed by atoms with E-state index in [9.17, 15) is 9.18 Å². The van der Waals surface area contributed by atoms with Gasteiger partial charge in [0, 0.05) is 43.5 Å². The molecule has 0 radical (unpaired) electrons. The van der Waals surface area contributed by atoms with Crippen LogP contribution in [0, 0.1) is 26.6 Å². The molecule has 3 rings (SSSR count). The van der Waals surface area contributed by atoms with Gasteiger partial charge in [-0.05, 0) is 57.4 Å². The van der Waals surface area contributed by atoms with Gasteiger partial charge in [-0.2, -0.15) is 0 Å². The molecule has 1 fully saturated rings. The highest BCUT2D eigenvalue weighted by Gasteiger charge is 2.27. The van der Waals surface area contributed by atoms with Crippen molar-refractivity contribution < 1.29 is 9.18 Å². The average molecular weight is 356 g/mol. The standard InChI is InChI=1S/C20H25FN4O/c1-13-11-16(5-6-18(13)21)20(26)24(4)17-7-9-25(10-8-17)19-12-14(2)22-15(3)23-19/h5-6,11-12,17H,7-10H2,1-4H3. The largest absolute Gasteiger partial charge is 0.356 e. The highest BCUT2D eigenvalue weighted by Crippen LogP contribution is 2.22. The fraction of sp³-hybridized carbons (Fsp3) is 0.450. The quantitative estimate of drug-likeness (QED) is 0.847. The summed E-state index contributed by atoms with van der Waals surface area (Å²) in [5.41, 5.74) is 2.00. The second-order valence-corrected chi connectivity index (χ2v) is 7.01. The van der Waals surface area contributed by atoms with E-state index in [1.807, 2.05) is 27.0 Å². The molecule has 1 aliphatic rings. The molecular weight excluding hydrogens is 331 g/mol. The molecule has 1 aromatic heterocycles. The van der Waals surface area contributed by atoms with Gasteiger partial charge in [0.05, 0.1) is 0 Å². The molecular formula is C20H25FN4O. The highest BCUT2D eigenvalue weighted by atomic mass is 19.1. The molecule has 0 unspecified atom stereocenters. The van der Waals surface area contributed by atoms with Crippen LogP contribution in [-0.2, 0) is 0 Å². The zero-order valence-electron chi connectivity index (χ0n) is 15.8. The van der Waals surface area contributed by atoms with E-state index in [0.717, 1.165) is 43.3 Å². The maximum Gasteiger partial charge on any atom is 0.253 e. The molecule has 1 saturated heterocycles. The van der Waals surface area contributed by atoms with E-state index in [4.69, 9.17) is 0 Å². The number of amides is 1. The summed E-state index contributed by atoms with van der Waals surface area (Å²) in [7, 11) is 1.83. The van der Waals surface area contributed by atoms with E-state index < -0.39 is 0 Å². The van der Waals surface area contributed by atoms with Gasteiger partial charge in [-0.1, -0.05) is 0 Å². The fourth-order valence-electron chi connectivity index (χ4n) is 3.49. The first kappa shape index (κ1) is 18.3. The van der Waals surface area contributed by atoms with Crippen LogP contribution in [0.15, 0.2) is 24.3 Å². The van der Waals surface area contributed by atoms with Crippen molar-refractivity contribution in [3.8, 4) is 0 Å². The maximum atomic E-state index is 13.4. The molecule has 5 nitrogen and oxygen atoms in total. The smallest absolute Gasteiger partial charge is 0.253 e. The number of anilines is 1. The van der Waals surface area contributed by atoms with Crippen LogP contribution in [0.2, 0.25) is 0 Å². The Hall–Kier alpha value is -2.50. The third-order valence-corrected chi connectivity index (χ3v) is 5.01. The number of nitrogens with zero attached hydrogens (tertiary/aromatic N) is 4. The predicted octanol–water partition coefficient (Wildman–Crippen LogP) is 3.28. The average Bonchev–Trinajstić information content (AvgIpc) is 2.62. The van der Waals surface area contributed by atoms with Crippen molar-refractivity contribution in [1.29, 1.82) is 0 Å². The number of aromatic nitrogens is 2. The van der Waals surface area contributed by atoms with E-state index in [0.29, 0.717) is 11.1 Å². The summed E-state index contributed by atoms with van der Waals surface area (Å²) < 4.78 is 13.4. The van der Waals surface area contributed by atoms with Crippen LogP contribution < -0.4 is 4.90 Å². The topological polar surface area (TPSA) is 49.3 Å². The molecule has 1 aromatic carbocycles. The van der Waals surface area contributed by atoms with Gasteiger partial charge >= 0.3 is 0 Å². The zero-order valence-corrected chi connectivity index (χ0v) is 15.8. The summed E-state index contributed by atoms with van der Waals surface area (Å²) in [5, 5.41) is 0. The summed E-state index contributed by atoms with van der Waals surface area (Å²) in [6.45, 7) is 7.25. The van der Waals surface area contributed by atoms with Crippen molar-refractivity contribution in [2.45, 2.75) is 39.7 Å². The molecule has 1 amide bonds. The number of rotatable bonds is 3. The third kappa shape index (κ3) is 3.84. The van der Waals surface area contributed by atoms with Crippen LogP contribution in [0.4, 0.5) is 10.2 Å². The number of carbonyl (C=O) groups excluding carboxylic acids is 1. The van der Waals surface area contributed by atoms with Gasteiger partial charge in [0.2, 0.25) is 0 Å². The first-order valence-electron chi connectivity index (χ1n) is 8.95. The number of carbonyl (C=O) groups is 1. The molecule has 26 heavy (non-hydrogen) atoms. The molecule has 0 spiro atoms. The van der Waals surface area contributed by atoms with E-state index in [2.05, 4.69) is 14.9 Å². The minimum absolute atomic E-state index is 0.0553. The van der Waals surface area contributed by atoms with Crippen molar-refractivity contribution in [2.75, 3.05) is 25.0 Å². The van der Waals surface area contributed by atoms with Gasteiger partial charge in [-0.25, -0.2) is 14.4 Å². The van der Waals surface area contributed by atoms with Crippen molar-refractivity contribution >= 4 is 11.7 Å². The monoisotopic (exact) mass is 356 g/mol. The molecule has 1 aliphatic heterocycles. The molecule has 0 N–H and O–H groups in total. The SMILES string of the molecule is Cc1cc(N2CCC(N(C)C(=O)c3ccc(F)c(C)c3)CC2)nc(C)n1. The Morgan fingerprint density at radius 1 is 1.15 bits per heavy atom. The molecule has 2 aromatic rings.